The van der Waals surface area contributed by atoms with Gasteiger partial charge in [0, 0.05) is 5.54 Å². The van der Waals surface area contributed by atoms with Gasteiger partial charge in [0.2, 0.25) is 0 Å². The van der Waals surface area contributed by atoms with Gasteiger partial charge in [0.05, 0.1) is 0 Å². The molecule has 3 rings (SSSR count). The summed E-state index contributed by atoms with van der Waals surface area (Å²) >= 11 is 2.20. The molecule has 2 aromatic rings. The Morgan fingerprint density at radius 2 is 1.50 bits per heavy atom. The van der Waals surface area contributed by atoms with E-state index in [0.717, 1.165) is 6.42 Å². The normalized spacial score (nSPS) is 11.5. The number of halogens is 2. The SMILES string of the molecule is C[SiH](C)NC(C)(C)C.[Cl-].[Cl-].[Ti+2][c]1cccc2c1Cc1ccccc1-2. The summed E-state index contributed by atoms with van der Waals surface area (Å²) in [6.45, 7) is 11.2. The predicted molar refractivity (Wildman–Crippen MR) is 96.1 cm³/mol. The van der Waals surface area contributed by atoms with Crippen LogP contribution in [0.25, 0.3) is 11.1 Å². The van der Waals surface area contributed by atoms with Gasteiger partial charge < -0.3 is 29.8 Å². The first-order valence-corrected chi connectivity index (χ1v) is 11.6. The minimum atomic E-state index is -0.546. The van der Waals surface area contributed by atoms with Crippen molar-refractivity contribution in [2.45, 2.75) is 45.8 Å². The minimum absolute atomic E-state index is 0. The quantitative estimate of drug-likeness (QED) is 0.445. The fourth-order valence-corrected chi connectivity index (χ4v) is 5.25. The molecular weight excluding hydrogens is 389 g/mol. The summed E-state index contributed by atoms with van der Waals surface area (Å²) in [6, 6.07) is 15.3. The Bertz CT molecular complexity index is 654. The summed E-state index contributed by atoms with van der Waals surface area (Å²) in [5.41, 5.74) is 6.16. The Balaban J connectivity index is 0.000000469. The Morgan fingerprint density at radius 1 is 0.917 bits per heavy atom. The van der Waals surface area contributed by atoms with Crippen molar-refractivity contribution >= 4 is 12.8 Å². The van der Waals surface area contributed by atoms with Gasteiger partial charge in [-0.05, 0) is 20.8 Å². The first-order valence-electron chi connectivity index (χ1n) is 7.97. The van der Waals surface area contributed by atoms with E-state index in [1.165, 1.54) is 26.1 Å². The van der Waals surface area contributed by atoms with Gasteiger partial charge in [-0.2, -0.15) is 0 Å². The van der Waals surface area contributed by atoms with Crippen LogP contribution in [0.1, 0.15) is 31.9 Å². The predicted octanol–water partition coefficient (Wildman–Crippen LogP) is -2.20. The number of rotatable bonds is 1. The number of benzene rings is 2. The number of nitrogens with one attached hydrogen (secondary N) is 1. The van der Waals surface area contributed by atoms with E-state index in [-0.39, 0.29) is 24.8 Å². The van der Waals surface area contributed by atoms with Gasteiger partial charge in [0.25, 0.3) is 0 Å². The zero-order valence-corrected chi connectivity index (χ0v) is 19.3. The van der Waals surface area contributed by atoms with Crippen LogP contribution in [0.4, 0.5) is 0 Å². The Hall–Kier alpha value is -0.0888. The molecule has 0 aliphatic heterocycles. The van der Waals surface area contributed by atoms with Crippen LogP contribution in [-0.2, 0) is 26.9 Å². The fourth-order valence-electron chi connectivity index (χ4n) is 3.02. The van der Waals surface area contributed by atoms with E-state index in [1.54, 1.807) is 0 Å². The molecule has 0 aromatic heterocycles. The van der Waals surface area contributed by atoms with Crippen LogP contribution in [-0.4, -0.2) is 14.5 Å². The Labute approximate surface area is 172 Å². The molecule has 5 heteroatoms. The van der Waals surface area contributed by atoms with Gasteiger partial charge in [-0.25, -0.2) is 0 Å². The molecule has 1 aliphatic rings. The van der Waals surface area contributed by atoms with Crippen molar-refractivity contribution in [3.05, 3.63) is 53.6 Å². The maximum absolute atomic E-state index is 3.52. The van der Waals surface area contributed by atoms with E-state index in [9.17, 15) is 0 Å². The van der Waals surface area contributed by atoms with Gasteiger partial charge in [-0.1, -0.05) is 13.1 Å². The van der Waals surface area contributed by atoms with Crippen molar-refractivity contribution in [3.8, 4) is 11.1 Å². The zero-order chi connectivity index (χ0) is 16.3. The topological polar surface area (TPSA) is 12.0 Å². The molecule has 0 saturated carbocycles. The molecule has 24 heavy (non-hydrogen) atoms. The third kappa shape index (κ3) is 6.67. The van der Waals surface area contributed by atoms with Crippen molar-refractivity contribution in [1.29, 1.82) is 0 Å². The summed E-state index contributed by atoms with van der Waals surface area (Å²) in [5, 5.41) is 0. The molecule has 129 valence electrons. The summed E-state index contributed by atoms with van der Waals surface area (Å²) in [4.78, 5) is 3.52. The van der Waals surface area contributed by atoms with Gasteiger partial charge in [-0.3, -0.25) is 0 Å². The molecule has 0 radical (unpaired) electrons. The third-order valence-electron chi connectivity index (χ3n) is 3.57. The van der Waals surface area contributed by atoms with Crippen molar-refractivity contribution < 1.29 is 45.2 Å². The fraction of sp³-hybridized carbons (Fsp3) is 0.368. The van der Waals surface area contributed by atoms with Gasteiger partial charge in [0.15, 0.2) is 0 Å². The molecule has 0 atom stereocenters. The monoisotopic (exact) mass is 414 g/mol. The maximum atomic E-state index is 3.52. The average Bonchev–Trinajstić information content (AvgIpc) is 2.77. The van der Waals surface area contributed by atoms with E-state index in [2.05, 4.69) is 102 Å². The molecule has 1 nitrogen and oxygen atoms in total. The molecule has 0 bridgehead atoms. The van der Waals surface area contributed by atoms with Crippen molar-refractivity contribution in [2.75, 3.05) is 0 Å². The zero-order valence-electron chi connectivity index (χ0n) is 15.1. The molecule has 0 fully saturated rings. The van der Waals surface area contributed by atoms with Crippen LogP contribution in [0.3, 0.4) is 0 Å². The van der Waals surface area contributed by atoms with Gasteiger partial charge in [-0.15, -0.1) is 0 Å². The second kappa shape index (κ2) is 10.2. The molecular formula is C19H26Cl2NSiTi. The van der Waals surface area contributed by atoms with Crippen LogP contribution < -0.4 is 33.7 Å². The van der Waals surface area contributed by atoms with Crippen molar-refractivity contribution in [2.24, 2.45) is 0 Å². The van der Waals surface area contributed by atoms with Crippen molar-refractivity contribution in [1.82, 2.24) is 4.98 Å². The number of hydrogen-bond acceptors (Lipinski definition) is 1. The van der Waals surface area contributed by atoms with Crippen LogP contribution in [0, 0.1) is 0 Å². The summed E-state index contributed by atoms with van der Waals surface area (Å²) in [6.07, 6.45) is 1.11. The molecule has 0 saturated heterocycles. The van der Waals surface area contributed by atoms with E-state index in [4.69, 9.17) is 0 Å². The summed E-state index contributed by atoms with van der Waals surface area (Å²) in [5.74, 6) is 0. The Kier molecular flexibility index (Phi) is 10.1. The number of fused-ring (bicyclic) bond motifs is 3. The van der Waals surface area contributed by atoms with Crippen LogP contribution in [0.2, 0.25) is 13.1 Å². The molecule has 0 heterocycles. The van der Waals surface area contributed by atoms with Crippen LogP contribution >= 0.6 is 0 Å². The molecule has 2 aromatic carbocycles. The molecule has 1 N–H and O–H groups in total. The summed E-state index contributed by atoms with van der Waals surface area (Å²) < 4.78 is 1.42. The standard InChI is InChI=1S/C13H9.C6H17NSi.2ClH.Ti/c1-3-7-12-10(5-1)9-11-6-2-4-8-13(11)12;1-6(2,3)7-8(4)5;;;/h1-5,7-8H,9H2;7-8H,1-5H3;2*1H;/q;;;;+2/p-2. The first kappa shape index (κ1) is 23.9. The van der Waals surface area contributed by atoms with E-state index in [1.807, 2.05) is 0 Å². The van der Waals surface area contributed by atoms with Gasteiger partial charge >= 0.3 is 95.4 Å². The molecule has 0 spiro atoms. The first-order chi connectivity index (χ1) is 10.3. The Morgan fingerprint density at radius 3 is 2.04 bits per heavy atom. The summed E-state index contributed by atoms with van der Waals surface area (Å²) in [7, 11) is -0.546. The van der Waals surface area contributed by atoms with E-state index in [0.29, 0.717) is 5.54 Å². The average molecular weight is 415 g/mol. The second-order valence-corrected chi connectivity index (χ2v) is 10.7. The van der Waals surface area contributed by atoms with Crippen LogP contribution in [0.5, 0.6) is 0 Å². The molecule has 1 aliphatic carbocycles. The number of hydrogen-bond donors (Lipinski definition) is 1. The van der Waals surface area contributed by atoms with E-state index >= 15 is 0 Å². The van der Waals surface area contributed by atoms with Crippen LogP contribution in [0.15, 0.2) is 42.5 Å². The van der Waals surface area contributed by atoms with Crippen molar-refractivity contribution in [3.63, 3.8) is 0 Å². The molecule has 0 amide bonds. The molecule has 0 unspecified atom stereocenters. The third-order valence-corrected chi connectivity index (χ3v) is 5.75. The second-order valence-electron chi connectivity index (χ2n) is 7.21. The van der Waals surface area contributed by atoms with Gasteiger partial charge in [0.1, 0.15) is 8.96 Å². The van der Waals surface area contributed by atoms with E-state index < -0.39 is 8.96 Å².